The Kier molecular flexibility index (Phi) is 1.10. The highest BCUT2D eigenvalue weighted by molar-refractivity contribution is 5.78. The SMILES string of the molecule is NC1=c2c(ccc3c2=CC=C3)C=C1. The van der Waals surface area contributed by atoms with Gasteiger partial charge in [0.1, 0.15) is 0 Å². The van der Waals surface area contributed by atoms with E-state index in [4.69, 9.17) is 5.73 Å². The molecule has 0 atom stereocenters. The molecule has 1 aromatic carbocycles. The predicted octanol–water partition coefficient (Wildman–Crippen LogP) is 0.588. The highest BCUT2D eigenvalue weighted by Gasteiger charge is 2.07. The normalized spacial score (nSPS) is 15.8. The number of fused-ring (bicyclic) bond motifs is 3. The maximum atomic E-state index is 5.90. The summed E-state index contributed by atoms with van der Waals surface area (Å²) < 4.78 is 0. The second-order valence-electron chi connectivity index (χ2n) is 3.35. The number of benzene rings is 1. The number of hydrogen-bond acceptors (Lipinski definition) is 1. The third-order valence-corrected chi connectivity index (χ3v) is 2.58. The summed E-state index contributed by atoms with van der Waals surface area (Å²) in [6.07, 6.45) is 10.3. The van der Waals surface area contributed by atoms with Gasteiger partial charge in [0.15, 0.2) is 0 Å². The summed E-state index contributed by atoms with van der Waals surface area (Å²) in [5, 5.41) is 2.46. The third kappa shape index (κ3) is 0.760. The minimum absolute atomic E-state index is 0.881. The summed E-state index contributed by atoms with van der Waals surface area (Å²) >= 11 is 0. The summed E-state index contributed by atoms with van der Waals surface area (Å²) in [5.74, 6) is 0. The Balaban J connectivity index is 2.61. The molecule has 0 bridgehead atoms. The van der Waals surface area contributed by atoms with Crippen LogP contribution >= 0.6 is 0 Å². The molecule has 0 saturated carbocycles. The molecule has 1 nitrogen and oxygen atoms in total. The van der Waals surface area contributed by atoms with Gasteiger partial charge in [-0.25, -0.2) is 0 Å². The lowest BCUT2D eigenvalue weighted by atomic mass is 10.1. The fraction of sp³-hybridized carbons (Fsp3) is 0. The van der Waals surface area contributed by atoms with E-state index in [0.29, 0.717) is 0 Å². The molecule has 0 spiro atoms. The Bertz CT molecular complexity index is 560. The molecule has 2 N–H and O–H groups in total. The fourth-order valence-corrected chi connectivity index (χ4v) is 1.95. The smallest absolute Gasteiger partial charge is 0.0400 e. The topological polar surface area (TPSA) is 26.0 Å². The van der Waals surface area contributed by atoms with Gasteiger partial charge in [-0.15, -0.1) is 0 Å². The molecule has 2 aliphatic carbocycles. The van der Waals surface area contributed by atoms with E-state index >= 15 is 0 Å². The van der Waals surface area contributed by atoms with Crippen LogP contribution in [0.3, 0.4) is 0 Å². The first-order valence-electron chi connectivity index (χ1n) is 4.35. The average Bonchev–Trinajstić information content (AvgIpc) is 2.70. The summed E-state index contributed by atoms with van der Waals surface area (Å²) in [5.41, 5.74) is 9.28. The molecule has 0 aromatic heterocycles. The minimum atomic E-state index is 0.881. The average molecular weight is 167 g/mol. The van der Waals surface area contributed by atoms with Crippen molar-refractivity contribution in [3.63, 3.8) is 0 Å². The Labute approximate surface area is 76.2 Å². The van der Waals surface area contributed by atoms with E-state index in [2.05, 4.69) is 36.4 Å². The first kappa shape index (κ1) is 6.72. The zero-order chi connectivity index (χ0) is 8.84. The molecule has 1 heteroatoms. The van der Waals surface area contributed by atoms with Crippen molar-refractivity contribution in [1.29, 1.82) is 0 Å². The van der Waals surface area contributed by atoms with E-state index in [0.717, 1.165) is 5.70 Å². The summed E-state index contributed by atoms with van der Waals surface area (Å²) in [7, 11) is 0. The first-order valence-corrected chi connectivity index (χ1v) is 4.35. The largest absolute Gasteiger partial charge is 0.398 e. The van der Waals surface area contributed by atoms with Crippen LogP contribution in [-0.2, 0) is 0 Å². The zero-order valence-electron chi connectivity index (χ0n) is 7.12. The van der Waals surface area contributed by atoms with Gasteiger partial charge in [-0.3, -0.25) is 0 Å². The van der Waals surface area contributed by atoms with Crippen molar-refractivity contribution >= 4 is 23.9 Å². The van der Waals surface area contributed by atoms with Gasteiger partial charge in [0.2, 0.25) is 0 Å². The van der Waals surface area contributed by atoms with Gasteiger partial charge in [0.25, 0.3) is 0 Å². The molecule has 2 aliphatic rings. The van der Waals surface area contributed by atoms with Crippen molar-refractivity contribution in [2.45, 2.75) is 0 Å². The second kappa shape index (κ2) is 2.13. The third-order valence-electron chi connectivity index (χ3n) is 2.58. The first-order chi connectivity index (χ1) is 6.36. The van der Waals surface area contributed by atoms with Gasteiger partial charge < -0.3 is 5.73 Å². The van der Waals surface area contributed by atoms with Gasteiger partial charge >= 0.3 is 0 Å². The lowest BCUT2D eigenvalue weighted by Crippen LogP contribution is -2.30. The van der Waals surface area contributed by atoms with Crippen LogP contribution < -0.4 is 16.2 Å². The Morgan fingerprint density at radius 1 is 0.923 bits per heavy atom. The highest BCUT2D eigenvalue weighted by Crippen LogP contribution is 2.08. The maximum absolute atomic E-state index is 5.90. The Morgan fingerprint density at radius 3 is 2.69 bits per heavy atom. The fourth-order valence-electron chi connectivity index (χ4n) is 1.95. The van der Waals surface area contributed by atoms with Gasteiger partial charge in [-0.05, 0) is 22.4 Å². The van der Waals surface area contributed by atoms with Crippen LogP contribution in [-0.4, -0.2) is 0 Å². The van der Waals surface area contributed by atoms with Gasteiger partial charge in [0, 0.05) is 10.9 Å². The second-order valence-corrected chi connectivity index (χ2v) is 3.35. The summed E-state index contributed by atoms with van der Waals surface area (Å²) in [6, 6.07) is 4.26. The van der Waals surface area contributed by atoms with Gasteiger partial charge in [-0.1, -0.05) is 36.4 Å². The number of hydrogen-bond donors (Lipinski definition) is 1. The lowest BCUT2D eigenvalue weighted by molar-refractivity contribution is 1.44. The number of allylic oxidation sites excluding steroid dienone is 1. The quantitative estimate of drug-likeness (QED) is 0.601. The van der Waals surface area contributed by atoms with Gasteiger partial charge in [-0.2, -0.15) is 0 Å². The molecule has 13 heavy (non-hydrogen) atoms. The summed E-state index contributed by atoms with van der Waals surface area (Å²) in [6.45, 7) is 0. The molecular weight excluding hydrogens is 158 g/mol. The molecule has 0 amide bonds. The van der Waals surface area contributed by atoms with E-state index < -0.39 is 0 Å². The van der Waals surface area contributed by atoms with E-state index in [9.17, 15) is 0 Å². The summed E-state index contributed by atoms with van der Waals surface area (Å²) in [4.78, 5) is 0. The predicted molar refractivity (Wildman–Crippen MR) is 55.8 cm³/mol. The van der Waals surface area contributed by atoms with Crippen LogP contribution in [0.4, 0.5) is 0 Å². The van der Waals surface area contributed by atoms with E-state index in [1.54, 1.807) is 0 Å². The lowest BCUT2D eigenvalue weighted by Gasteiger charge is -1.96. The molecule has 0 heterocycles. The highest BCUT2D eigenvalue weighted by atomic mass is 14.6. The Morgan fingerprint density at radius 2 is 1.77 bits per heavy atom. The van der Waals surface area contributed by atoms with Crippen molar-refractivity contribution in [2.24, 2.45) is 5.73 Å². The molecule has 0 aliphatic heterocycles. The minimum Gasteiger partial charge on any atom is -0.398 e. The van der Waals surface area contributed by atoms with Crippen LogP contribution in [0.5, 0.6) is 0 Å². The van der Waals surface area contributed by atoms with Crippen molar-refractivity contribution in [3.05, 3.63) is 45.8 Å². The maximum Gasteiger partial charge on any atom is 0.0400 e. The monoisotopic (exact) mass is 167 g/mol. The zero-order valence-corrected chi connectivity index (χ0v) is 7.12. The van der Waals surface area contributed by atoms with E-state index in [1.807, 2.05) is 6.08 Å². The van der Waals surface area contributed by atoms with E-state index in [-0.39, 0.29) is 0 Å². The van der Waals surface area contributed by atoms with Crippen LogP contribution in [0.25, 0.3) is 23.9 Å². The molecule has 0 unspecified atom stereocenters. The van der Waals surface area contributed by atoms with E-state index in [1.165, 1.54) is 21.6 Å². The molecule has 0 saturated heterocycles. The number of rotatable bonds is 0. The Hall–Kier alpha value is -1.76. The molecule has 62 valence electrons. The molecular formula is C12H9N. The van der Waals surface area contributed by atoms with Crippen molar-refractivity contribution in [2.75, 3.05) is 0 Å². The van der Waals surface area contributed by atoms with Crippen LogP contribution in [0.15, 0.2) is 24.3 Å². The molecule has 0 radical (unpaired) electrons. The van der Waals surface area contributed by atoms with Crippen LogP contribution in [0.1, 0.15) is 11.1 Å². The van der Waals surface area contributed by atoms with Crippen molar-refractivity contribution < 1.29 is 0 Å². The van der Waals surface area contributed by atoms with Gasteiger partial charge in [0.05, 0.1) is 0 Å². The van der Waals surface area contributed by atoms with Crippen molar-refractivity contribution in [1.82, 2.24) is 0 Å². The molecule has 0 fully saturated rings. The van der Waals surface area contributed by atoms with Crippen molar-refractivity contribution in [3.8, 4) is 0 Å². The standard InChI is InChI=1S/C12H9N/c13-11-7-6-9-5-4-8-2-1-3-10(8)12(9)11/h1-7H,13H2. The molecule has 1 aromatic rings. The molecule has 3 rings (SSSR count). The van der Waals surface area contributed by atoms with Crippen LogP contribution in [0.2, 0.25) is 0 Å². The number of nitrogens with two attached hydrogens (primary N) is 1. The van der Waals surface area contributed by atoms with Crippen LogP contribution in [0, 0.1) is 0 Å².